The van der Waals surface area contributed by atoms with Crippen LogP contribution in [0.5, 0.6) is 0 Å². The molecule has 4 nitrogen and oxygen atoms in total. The van der Waals surface area contributed by atoms with Gasteiger partial charge in [-0.25, -0.2) is 4.79 Å². The molecular weight excluding hydrogens is 184 g/mol. The van der Waals surface area contributed by atoms with E-state index in [0.29, 0.717) is 17.4 Å². The molecule has 0 atom stereocenters. The van der Waals surface area contributed by atoms with Crippen LogP contribution in [-0.4, -0.2) is 30.6 Å². The summed E-state index contributed by atoms with van der Waals surface area (Å²) in [6, 6.07) is 6.07. The summed E-state index contributed by atoms with van der Waals surface area (Å²) in [6.45, 7) is -0.216. The fraction of sp³-hybridized carbons (Fsp3) is 0.200. The van der Waals surface area contributed by atoms with Crippen LogP contribution in [0.1, 0.15) is 20.7 Å². The number of esters is 1. The number of carbonyl (C=O) groups is 2. The summed E-state index contributed by atoms with van der Waals surface area (Å²) < 4.78 is 4.67. The lowest BCUT2D eigenvalue weighted by Crippen LogP contribution is -2.08. The van der Waals surface area contributed by atoms with E-state index in [2.05, 4.69) is 4.74 Å². The summed E-state index contributed by atoms with van der Waals surface area (Å²) in [7, 11) is 0. The lowest BCUT2D eigenvalue weighted by molar-refractivity contribution is 0.0433. The second-order valence-corrected chi connectivity index (χ2v) is 2.60. The van der Waals surface area contributed by atoms with Gasteiger partial charge in [-0.15, -0.1) is 0 Å². The van der Waals surface area contributed by atoms with E-state index in [1.54, 1.807) is 0 Å². The fourth-order valence-electron chi connectivity index (χ4n) is 0.919. The van der Waals surface area contributed by atoms with Crippen molar-refractivity contribution in [2.45, 2.75) is 0 Å². The molecule has 4 heteroatoms. The van der Waals surface area contributed by atoms with Gasteiger partial charge in [0.15, 0.2) is 0 Å². The first-order valence-electron chi connectivity index (χ1n) is 4.11. The molecule has 0 spiro atoms. The standard InChI is InChI=1S/C10H10O4/c11-5-6-14-10(13)9-3-1-8(7-12)2-4-9/h1-4,7,11H,5-6H2. The van der Waals surface area contributed by atoms with Crippen LogP contribution in [0.3, 0.4) is 0 Å². The minimum atomic E-state index is -0.503. The van der Waals surface area contributed by atoms with Gasteiger partial charge in [0.05, 0.1) is 12.2 Å². The Hall–Kier alpha value is -1.68. The monoisotopic (exact) mass is 194 g/mol. The lowest BCUT2D eigenvalue weighted by atomic mass is 10.1. The third-order valence-corrected chi connectivity index (χ3v) is 1.61. The minimum Gasteiger partial charge on any atom is -0.460 e. The van der Waals surface area contributed by atoms with Crippen molar-refractivity contribution >= 4 is 12.3 Å². The Labute approximate surface area is 81.1 Å². The highest BCUT2D eigenvalue weighted by Crippen LogP contribution is 2.04. The molecule has 0 fully saturated rings. The Balaban J connectivity index is 2.66. The van der Waals surface area contributed by atoms with Crippen molar-refractivity contribution < 1.29 is 19.4 Å². The van der Waals surface area contributed by atoms with Crippen molar-refractivity contribution in [3.05, 3.63) is 35.4 Å². The number of benzene rings is 1. The zero-order chi connectivity index (χ0) is 10.4. The van der Waals surface area contributed by atoms with Crippen molar-refractivity contribution in [3.63, 3.8) is 0 Å². The number of hydrogen-bond acceptors (Lipinski definition) is 4. The van der Waals surface area contributed by atoms with Crippen molar-refractivity contribution in [1.29, 1.82) is 0 Å². The first-order chi connectivity index (χ1) is 6.77. The Bertz CT molecular complexity index is 315. The summed E-state index contributed by atoms with van der Waals surface area (Å²) in [5, 5.41) is 8.42. The van der Waals surface area contributed by atoms with Gasteiger partial charge in [-0.2, -0.15) is 0 Å². The van der Waals surface area contributed by atoms with Crippen LogP contribution >= 0.6 is 0 Å². The van der Waals surface area contributed by atoms with Gasteiger partial charge in [-0.05, 0) is 12.1 Å². The van der Waals surface area contributed by atoms with Gasteiger partial charge in [-0.1, -0.05) is 12.1 Å². The van der Waals surface area contributed by atoms with E-state index in [0.717, 1.165) is 0 Å². The third-order valence-electron chi connectivity index (χ3n) is 1.61. The average Bonchev–Trinajstić information content (AvgIpc) is 2.26. The molecule has 1 aromatic rings. The van der Waals surface area contributed by atoms with Crippen molar-refractivity contribution in [1.82, 2.24) is 0 Å². The second-order valence-electron chi connectivity index (χ2n) is 2.60. The Morgan fingerprint density at radius 3 is 2.50 bits per heavy atom. The van der Waals surface area contributed by atoms with Crippen LogP contribution in [0.2, 0.25) is 0 Å². The van der Waals surface area contributed by atoms with Crippen LogP contribution in [0, 0.1) is 0 Å². The average molecular weight is 194 g/mol. The van der Waals surface area contributed by atoms with Crippen LogP contribution in [-0.2, 0) is 4.74 Å². The summed E-state index contributed by atoms with van der Waals surface area (Å²) in [4.78, 5) is 21.5. The minimum absolute atomic E-state index is 0.0196. The Morgan fingerprint density at radius 2 is 2.00 bits per heavy atom. The fourth-order valence-corrected chi connectivity index (χ4v) is 0.919. The largest absolute Gasteiger partial charge is 0.460 e. The van der Waals surface area contributed by atoms with E-state index in [1.807, 2.05) is 0 Å². The molecule has 0 unspecified atom stereocenters. The SMILES string of the molecule is O=Cc1ccc(C(=O)OCCO)cc1. The first-order valence-corrected chi connectivity index (χ1v) is 4.11. The number of carbonyl (C=O) groups excluding carboxylic acids is 2. The molecule has 0 saturated carbocycles. The molecule has 0 aromatic heterocycles. The predicted molar refractivity (Wildman–Crippen MR) is 49.2 cm³/mol. The van der Waals surface area contributed by atoms with E-state index < -0.39 is 5.97 Å². The van der Waals surface area contributed by atoms with Gasteiger partial charge in [0, 0.05) is 5.56 Å². The van der Waals surface area contributed by atoms with Crippen LogP contribution in [0.4, 0.5) is 0 Å². The highest BCUT2D eigenvalue weighted by molar-refractivity contribution is 5.90. The Kier molecular flexibility index (Phi) is 3.82. The summed E-state index contributed by atoms with van der Waals surface area (Å²) in [5.41, 5.74) is 0.868. The number of aliphatic hydroxyl groups excluding tert-OH is 1. The first kappa shape index (κ1) is 10.4. The normalized spacial score (nSPS) is 9.50. The van der Waals surface area contributed by atoms with E-state index in [-0.39, 0.29) is 13.2 Å². The maximum Gasteiger partial charge on any atom is 0.338 e. The van der Waals surface area contributed by atoms with Crippen molar-refractivity contribution in [2.75, 3.05) is 13.2 Å². The number of hydrogen-bond donors (Lipinski definition) is 1. The molecule has 14 heavy (non-hydrogen) atoms. The lowest BCUT2D eigenvalue weighted by Gasteiger charge is -2.01. The summed E-state index contributed by atoms with van der Waals surface area (Å²) in [5.74, 6) is -0.503. The second kappa shape index (κ2) is 5.14. The summed E-state index contributed by atoms with van der Waals surface area (Å²) >= 11 is 0. The molecular formula is C10H10O4. The van der Waals surface area contributed by atoms with Gasteiger partial charge < -0.3 is 9.84 Å². The Morgan fingerprint density at radius 1 is 1.36 bits per heavy atom. The maximum absolute atomic E-state index is 11.2. The highest BCUT2D eigenvalue weighted by atomic mass is 16.5. The number of aliphatic hydroxyl groups is 1. The molecule has 1 N–H and O–H groups in total. The number of aldehydes is 1. The third kappa shape index (κ3) is 2.67. The van der Waals surface area contributed by atoms with Gasteiger partial charge >= 0.3 is 5.97 Å². The van der Waals surface area contributed by atoms with E-state index >= 15 is 0 Å². The smallest absolute Gasteiger partial charge is 0.338 e. The van der Waals surface area contributed by atoms with Gasteiger partial charge in [0.2, 0.25) is 0 Å². The molecule has 0 aliphatic heterocycles. The topological polar surface area (TPSA) is 63.6 Å². The molecule has 1 aromatic carbocycles. The van der Waals surface area contributed by atoms with Crippen molar-refractivity contribution in [3.8, 4) is 0 Å². The molecule has 1 rings (SSSR count). The molecule has 0 aliphatic carbocycles. The maximum atomic E-state index is 11.2. The molecule has 0 saturated heterocycles. The van der Waals surface area contributed by atoms with Crippen LogP contribution in [0.25, 0.3) is 0 Å². The highest BCUT2D eigenvalue weighted by Gasteiger charge is 2.05. The number of rotatable bonds is 4. The van der Waals surface area contributed by atoms with Gasteiger partial charge in [0.1, 0.15) is 12.9 Å². The van der Waals surface area contributed by atoms with Gasteiger partial charge in [0.25, 0.3) is 0 Å². The van der Waals surface area contributed by atoms with Crippen LogP contribution in [0.15, 0.2) is 24.3 Å². The van der Waals surface area contributed by atoms with E-state index in [9.17, 15) is 9.59 Å². The molecule has 0 amide bonds. The molecule has 0 aliphatic rings. The van der Waals surface area contributed by atoms with Crippen molar-refractivity contribution in [2.24, 2.45) is 0 Å². The van der Waals surface area contributed by atoms with Crippen LogP contribution < -0.4 is 0 Å². The molecule has 0 radical (unpaired) electrons. The quantitative estimate of drug-likeness (QED) is 0.564. The molecule has 74 valence electrons. The molecule has 0 heterocycles. The number of ether oxygens (including phenoxy) is 1. The zero-order valence-corrected chi connectivity index (χ0v) is 7.47. The zero-order valence-electron chi connectivity index (χ0n) is 7.47. The van der Waals surface area contributed by atoms with E-state index in [4.69, 9.17) is 5.11 Å². The predicted octanol–water partition coefficient (Wildman–Crippen LogP) is 0.648. The van der Waals surface area contributed by atoms with Gasteiger partial charge in [-0.3, -0.25) is 4.79 Å². The summed E-state index contributed by atoms with van der Waals surface area (Å²) in [6.07, 6.45) is 0.697. The molecule has 0 bridgehead atoms. The van der Waals surface area contributed by atoms with E-state index in [1.165, 1.54) is 24.3 Å².